The Morgan fingerprint density at radius 2 is 1.85 bits per heavy atom. The average molecular weight is 372 g/mol. The Morgan fingerprint density at radius 1 is 1.12 bits per heavy atom. The van der Waals surface area contributed by atoms with Gasteiger partial charge in [-0.2, -0.15) is 0 Å². The fraction of sp³-hybridized carbons (Fsp3) is 0.526. The van der Waals surface area contributed by atoms with E-state index < -0.39 is 0 Å². The Bertz CT molecular complexity index is 948. The van der Waals surface area contributed by atoms with E-state index >= 15 is 0 Å². The minimum atomic E-state index is 0.0154. The molecule has 1 aliphatic rings. The highest BCUT2D eigenvalue weighted by atomic mass is 32.1. The zero-order chi connectivity index (χ0) is 18.3. The fourth-order valence-corrected chi connectivity index (χ4v) is 5.17. The van der Waals surface area contributed by atoms with E-state index in [0.29, 0.717) is 19.0 Å². The van der Waals surface area contributed by atoms with Crippen molar-refractivity contribution >= 4 is 37.6 Å². The van der Waals surface area contributed by atoms with Gasteiger partial charge in [-0.25, -0.2) is 15.0 Å². The number of pyridine rings is 1. The quantitative estimate of drug-likeness (QED) is 0.692. The van der Waals surface area contributed by atoms with Crippen LogP contribution in [0.3, 0.4) is 0 Å². The number of aromatic nitrogens is 3. The summed E-state index contributed by atoms with van der Waals surface area (Å²) in [6.45, 7) is 5.31. The second kappa shape index (κ2) is 7.06. The molecule has 0 unspecified atom stereocenters. The molecular weight excluding hydrogens is 348 g/mol. The van der Waals surface area contributed by atoms with Crippen molar-refractivity contribution in [2.24, 2.45) is 0 Å². The molecule has 0 atom stereocenters. The van der Waals surface area contributed by atoms with Crippen LogP contribution < -0.4 is 4.90 Å². The Balaban J connectivity index is 1.99. The first-order chi connectivity index (χ1) is 12.7. The van der Waals surface area contributed by atoms with E-state index in [1.165, 1.54) is 28.6 Å². The molecule has 3 aromatic rings. The van der Waals surface area contributed by atoms with Gasteiger partial charge in [0, 0.05) is 24.2 Å². The standard InChI is InChI=1S/C19H24N4O2S/c1-11(2)15-13-5-3-4-12(13)14-16-17(26-19(14)22-15)18(21-10-20-16)23(6-8-24)7-9-25/h10-11,24-25H,3-9H2,1-2H3. The molecule has 26 heavy (non-hydrogen) atoms. The normalized spacial score (nSPS) is 13.9. The third kappa shape index (κ3) is 2.74. The molecule has 0 fully saturated rings. The van der Waals surface area contributed by atoms with E-state index in [1.807, 2.05) is 4.90 Å². The van der Waals surface area contributed by atoms with Gasteiger partial charge in [-0.05, 0) is 36.3 Å². The Hall–Kier alpha value is -1.83. The van der Waals surface area contributed by atoms with Gasteiger partial charge in [-0.1, -0.05) is 13.8 Å². The summed E-state index contributed by atoms with van der Waals surface area (Å²) in [4.78, 5) is 17.0. The van der Waals surface area contributed by atoms with Gasteiger partial charge in [0.2, 0.25) is 0 Å². The highest BCUT2D eigenvalue weighted by molar-refractivity contribution is 7.26. The molecule has 0 aromatic carbocycles. The lowest BCUT2D eigenvalue weighted by Crippen LogP contribution is -2.30. The summed E-state index contributed by atoms with van der Waals surface area (Å²) >= 11 is 1.62. The van der Waals surface area contributed by atoms with Crippen molar-refractivity contribution in [1.82, 2.24) is 15.0 Å². The SMILES string of the molecule is CC(C)c1nc2sc3c(N(CCO)CCO)ncnc3c2c2c1CCC2. The molecule has 0 spiro atoms. The van der Waals surface area contributed by atoms with Crippen LogP contribution in [0, 0.1) is 0 Å². The lowest BCUT2D eigenvalue weighted by molar-refractivity contribution is 0.281. The van der Waals surface area contributed by atoms with Gasteiger partial charge < -0.3 is 15.1 Å². The van der Waals surface area contributed by atoms with Gasteiger partial charge in [0.05, 0.1) is 23.4 Å². The van der Waals surface area contributed by atoms with Crippen LogP contribution in [-0.2, 0) is 12.8 Å². The molecular formula is C19H24N4O2S. The molecule has 0 saturated carbocycles. The van der Waals surface area contributed by atoms with E-state index in [9.17, 15) is 10.2 Å². The van der Waals surface area contributed by atoms with E-state index in [2.05, 4.69) is 23.8 Å². The number of aryl methyl sites for hydroxylation is 1. The maximum absolute atomic E-state index is 9.39. The molecule has 3 heterocycles. The number of aliphatic hydroxyl groups excluding tert-OH is 2. The van der Waals surface area contributed by atoms with Crippen LogP contribution >= 0.6 is 11.3 Å². The van der Waals surface area contributed by atoms with Gasteiger partial charge in [0.1, 0.15) is 17.0 Å². The second-order valence-corrected chi connectivity index (χ2v) is 8.05. The monoisotopic (exact) mass is 372 g/mol. The average Bonchev–Trinajstić information content (AvgIpc) is 3.24. The molecule has 3 aromatic heterocycles. The van der Waals surface area contributed by atoms with Crippen molar-refractivity contribution in [3.05, 3.63) is 23.1 Å². The minimum absolute atomic E-state index is 0.0154. The van der Waals surface area contributed by atoms with E-state index in [1.54, 1.807) is 17.7 Å². The Labute approximate surface area is 156 Å². The van der Waals surface area contributed by atoms with Crippen LogP contribution in [0.4, 0.5) is 5.82 Å². The summed E-state index contributed by atoms with van der Waals surface area (Å²) in [7, 11) is 0. The van der Waals surface area contributed by atoms with Gasteiger partial charge >= 0.3 is 0 Å². The number of fused-ring (bicyclic) bond motifs is 5. The van der Waals surface area contributed by atoms with E-state index in [0.717, 1.165) is 33.7 Å². The molecule has 1 aliphatic carbocycles. The molecule has 7 heteroatoms. The third-order valence-electron chi connectivity index (χ3n) is 5.07. The molecule has 0 saturated heterocycles. The molecule has 0 bridgehead atoms. The topological polar surface area (TPSA) is 82.4 Å². The summed E-state index contributed by atoms with van der Waals surface area (Å²) in [6, 6.07) is 0. The van der Waals surface area contributed by atoms with Crippen LogP contribution in [0.5, 0.6) is 0 Å². The summed E-state index contributed by atoms with van der Waals surface area (Å²) < 4.78 is 0.993. The van der Waals surface area contributed by atoms with Crippen LogP contribution in [0.25, 0.3) is 20.4 Å². The highest BCUT2D eigenvalue weighted by Gasteiger charge is 2.26. The maximum atomic E-state index is 9.39. The lowest BCUT2D eigenvalue weighted by atomic mass is 9.99. The van der Waals surface area contributed by atoms with E-state index in [4.69, 9.17) is 4.98 Å². The molecule has 0 amide bonds. The van der Waals surface area contributed by atoms with Crippen molar-refractivity contribution in [3.8, 4) is 0 Å². The first-order valence-electron chi connectivity index (χ1n) is 9.21. The predicted octanol–water partition coefficient (Wildman–Crippen LogP) is 2.64. The number of hydrogen-bond donors (Lipinski definition) is 2. The number of hydrogen-bond acceptors (Lipinski definition) is 7. The van der Waals surface area contributed by atoms with Crippen LogP contribution in [0.1, 0.15) is 43.0 Å². The van der Waals surface area contributed by atoms with Crippen LogP contribution in [-0.4, -0.2) is 51.5 Å². The molecule has 0 radical (unpaired) electrons. The number of rotatable bonds is 6. The highest BCUT2D eigenvalue weighted by Crippen LogP contribution is 2.42. The Morgan fingerprint density at radius 3 is 2.54 bits per heavy atom. The van der Waals surface area contributed by atoms with E-state index in [-0.39, 0.29) is 13.2 Å². The van der Waals surface area contributed by atoms with Gasteiger partial charge in [0.25, 0.3) is 0 Å². The number of anilines is 1. The van der Waals surface area contributed by atoms with Crippen LogP contribution in [0.2, 0.25) is 0 Å². The molecule has 2 N–H and O–H groups in total. The molecule has 138 valence electrons. The molecule has 4 rings (SSSR count). The molecule has 0 aliphatic heterocycles. The van der Waals surface area contributed by atoms with Gasteiger partial charge in [0.15, 0.2) is 0 Å². The lowest BCUT2D eigenvalue weighted by Gasteiger charge is -2.21. The molecule has 6 nitrogen and oxygen atoms in total. The van der Waals surface area contributed by atoms with Crippen molar-refractivity contribution in [2.45, 2.75) is 39.0 Å². The maximum Gasteiger partial charge on any atom is 0.150 e. The predicted molar refractivity (Wildman–Crippen MR) is 105 cm³/mol. The summed E-state index contributed by atoms with van der Waals surface area (Å²) in [5.41, 5.74) is 4.99. The minimum Gasteiger partial charge on any atom is -0.395 e. The number of aliphatic hydroxyl groups is 2. The van der Waals surface area contributed by atoms with Gasteiger partial charge in [-0.15, -0.1) is 11.3 Å². The summed E-state index contributed by atoms with van der Waals surface area (Å²) in [5.74, 6) is 1.18. The van der Waals surface area contributed by atoms with Crippen LogP contribution in [0.15, 0.2) is 6.33 Å². The third-order valence-corrected chi connectivity index (χ3v) is 6.14. The largest absolute Gasteiger partial charge is 0.395 e. The second-order valence-electron chi connectivity index (χ2n) is 7.05. The summed E-state index contributed by atoms with van der Waals surface area (Å²) in [6.07, 6.45) is 4.94. The zero-order valence-electron chi connectivity index (χ0n) is 15.2. The van der Waals surface area contributed by atoms with Crippen molar-refractivity contribution in [1.29, 1.82) is 0 Å². The summed E-state index contributed by atoms with van der Waals surface area (Å²) in [5, 5.41) is 19.9. The zero-order valence-corrected chi connectivity index (χ0v) is 16.0. The first kappa shape index (κ1) is 17.6. The van der Waals surface area contributed by atoms with Crippen molar-refractivity contribution in [2.75, 3.05) is 31.2 Å². The number of thiophene rings is 1. The fourth-order valence-electron chi connectivity index (χ4n) is 3.98. The Kier molecular flexibility index (Phi) is 4.77. The van der Waals surface area contributed by atoms with Gasteiger partial charge in [-0.3, -0.25) is 0 Å². The van der Waals surface area contributed by atoms with Crippen molar-refractivity contribution < 1.29 is 10.2 Å². The smallest absolute Gasteiger partial charge is 0.150 e. The first-order valence-corrected chi connectivity index (χ1v) is 10.0. The number of nitrogens with zero attached hydrogens (tertiary/aromatic N) is 4. The van der Waals surface area contributed by atoms with Crippen molar-refractivity contribution in [3.63, 3.8) is 0 Å².